The summed E-state index contributed by atoms with van der Waals surface area (Å²) in [6.07, 6.45) is 1.95. The Morgan fingerprint density at radius 2 is 2.00 bits per heavy atom. The fourth-order valence-corrected chi connectivity index (χ4v) is 2.41. The number of carbonyl (C=O) groups is 1. The van der Waals surface area contributed by atoms with Crippen LogP contribution in [-0.4, -0.2) is 29.5 Å². The third kappa shape index (κ3) is 2.17. The second-order valence-electron chi connectivity index (χ2n) is 4.90. The van der Waals surface area contributed by atoms with Gasteiger partial charge in [-0.1, -0.05) is 22.0 Å². The van der Waals surface area contributed by atoms with Crippen molar-refractivity contribution in [1.82, 2.24) is 9.47 Å². The quantitative estimate of drug-likeness (QED) is 0.830. The van der Waals surface area contributed by atoms with Gasteiger partial charge in [0.25, 0.3) is 5.91 Å². The van der Waals surface area contributed by atoms with Gasteiger partial charge in [-0.05, 0) is 26.0 Å². The second-order valence-corrected chi connectivity index (χ2v) is 5.82. The number of hydrogen-bond acceptors (Lipinski definition) is 1. The van der Waals surface area contributed by atoms with Gasteiger partial charge in [0.2, 0.25) is 0 Å². The first kappa shape index (κ1) is 13.1. The van der Waals surface area contributed by atoms with E-state index < -0.39 is 0 Å². The predicted molar refractivity (Wildman–Crippen MR) is 78.0 cm³/mol. The van der Waals surface area contributed by atoms with E-state index in [1.807, 2.05) is 18.3 Å². The Kier molecular flexibility index (Phi) is 3.48. The molecule has 0 aliphatic carbocycles. The van der Waals surface area contributed by atoms with Crippen molar-refractivity contribution >= 4 is 32.7 Å². The Labute approximate surface area is 116 Å². The van der Waals surface area contributed by atoms with E-state index in [4.69, 9.17) is 0 Å². The largest absolute Gasteiger partial charge is 0.345 e. The van der Waals surface area contributed by atoms with Crippen LogP contribution >= 0.6 is 15.9 Å². The molecule has 0 unspecified atom stereocenters. The van der Waals surface area contributed by atoms with Crippen LogP contribution in [0.15, 0.2) is 28.9 Å². The summed E-state index contributed by atoms with van der Waals surface area (Å²) in [5.41, 5.74) is 1.85. The van der Waals surface area contributed by atoms with Gasteiger partial charge in [0.05, 0.1) is 11.1 Å². The Balaban J connectivity index is 2.72. The molecule has 1 aromatic carbocycles. The molecule has 0 aliphatic rings. The molecule has 2 rings (SSSR count). The highest BCUT2D eigenvalue weighted by molar-refractivity contribution is 9.10. The lowest BCUT2D eigenvalue weighted by atomic mass is 10.1. The van der Waals surface area contributed by atoms with Crippen molar-refractivity contribution in [3.05, 3.63) is 34.4 Å². The van der Waals surface area contributed by atoms with Crippen molar-refractivity contribution in [1.29, 1.82) is 0 Å². The molecule has 0 bridgehead atoms. The van der Waals surface area contributed by atoms with Gasteiger partial charge in [0.1, 0.15) is 0 Å². The smallest absolute Gasteiger partial charge is 0.255 e. The Bertz CT molecular complexity index is 599. The standard InChI is InChI=1S/C14H17BrN2O/c1-9(2)17-8-12(14(18)16(3)4)11-6-5-10(15)7-13(11)17/h5-9H,1-4H3. The van der Waals surface area contributed by atoms with E-state index in [0.29, 0.717) is 6.04 Å². The minimum atomic E-state index is 0.0433. The molecule has 0 spiro atoms. The summed E-state index contributed by atoms with van der Waals surface area (Å²) in [6.45, 7) is 4.23. The van der Waals surface area contributed by atoms with Crippen molar-refractivity contribution in [2.24, 2.45) is 0 Å². The highest BCUT2D eigenvalue weighted by Crippen LogP contribution is 2.28. The maximum atomic E-state index is 12.2. The van der Waals surface area contributed by atoms with Crippen LogP contribution in [-0.2, 0) is 0 Å². The van der Waals surface area contributed by atoms with Gasteiger partial charge in [0, 0.05) is 36.2 Å². The normalized spacial score (nSPS) is 11.2. The molecular formula is C14H17BrN2O. The summed E-state index contributed by atoms with van der Waals surface area (Å²) in [7, 11) is 3.56. The molecule has 18 heavy (non-hydrogen) atoms. The number of benzene rings is 1. The van der Waals surface area contributed by atoms with E-state index in [0.717, 1.165) is 20.9 Å². The van der Waals surface area contributed by atoms with Crippen molar-refractivity contribution < 1.29 is 4.79 Å². The lowest BCUT2D eigenvalue weighted by Crippen LogP contribution is -2.21. The first-order valence-corrected chi connectivity index (χ1v) is 6.73. The molecule has 0 aliphatic heterocycles. The first-order valence-electron chi connectivity index (χ1n) is 5.93. The predicted octanol–water partition coefficient (Wildman–Crippen LogP) is 3.69. The zero-order valence-electron chi connectivity index (χ0n) is 11.1. The maximum Gasteiger partial charge on any atom is 0.255 e. The van der Waals surface area contributed by atoms with Crippen LogP contribution in [0.2, 0.25) is 0 Å². The van der Waals surface area contributed by atoms with Crippen LogP contribution in [0.3, 0.4) is 0 Å². The van der Waals surface area contributed by atoms with E-state index in [1.165, 1.54) is 0 Å². The van der Waals surface area contributed by atoms with Crippen LogP contribution in [0.5, 0.6) is 0 Å². The minimum absolute atomic E-state index is 0.0433. The number of halogens is 1. The minimum Gasteiger partial charge on any atom is -0.345 e. The zero-order chi connectivity index (χ0) is 13.4. The molecule has 4 heteroatoms. The summed E-state index contributed by atoms with van der Waals surface area (Å²) in [6, 6.07) is 6.35. The van der Waals surface area contributed by atoms with E-state index in [9.17, 15) is 4.79 Å². The molecule has 0 N–H and O–H groups in total. The highest BCUT2D eigenvalue weighted by Gasteiger charge is 2.17. The molecule has 2 aromatic rings. The van der Waals surface area contributed by atoms with Gasteiger partial charge < -0.3 is 9.47 Å². The van der Waals surface area contributed by atoms with E-state index in [2.05, 4.69) is 40.4 Å². The van der Waals surface area contributed by atoms with Gasteiger partial charge in [-0.3, -0.25) is 4.79 Å². The number of aromatic nitrogens is 1. The van der Waals surface area contributed by atoms with Crippen molar-refractivity contribution in [2.75, 3.05) is 14.1 Å². The van der Waals surface area contributed by atoms with E-state index >= 15 is 0 Å². The lowest BCUT2D eigenvalue weighted by molar-refractivity contribution is 0.0829. The number of carbonyl (C=O) groups excluding carboxylic acids is 1. The number of rotatable bonds is 2. The molecule has 0 atom stereocenters. The average Bonchev–Trinajstić information content (AvgIpc) is 2.66. The average molecular weight is 309 g/mol. The first-order chi connectivity index (χ1) is 8.41. The maximum absolute atomic E-state index is 12.2. The van der Waals surface area contributed by atoms with E-state index in [-0.39, 0.29) is 5.91 Å². The van der Waals surface area contributed by atoms with Crippen molar-refractivity contribution in [3.8, 4) is 0 Å². The number of fused-ring (bicyclic) bond motifs is 1. The second kappa shape index (κ2) is 4.76. The fourth-order valence-electron chi connectivity index (χ4n) is 2.06. The molecule has 0 fully saturated rings. The van der Waals surface area contributed by atoms with Gasteiger partial charge in [0.15, 0.2) is 0 Å². The van der Waals surface area contributed by atoms with Crippen LogP contribution in [0.1, 0.15) is 30.2 Å². The van der Waals surface area contributed by atoms with Crippen molar-refractivity contribution in [2.45, 2.75) is 19.9 Å². The lowest BCUT2D eigenvalue weighted by Gasteiger charge is -2.09. The molecular weight excluding hydrogens is 292 g/mol. The Morgan fingerprint density at radius 3 is 2.56 bits per heavy atom. The molecule has 1 aromatic heterocycles. The fraction of sp³-hybridized carbons (Fsp3) is 0.357. The SMILES string of the molecule is CC(C)n1cc(C(=O)N(C)C)c2ccc(Br)cc21. The topological polar surface area (TPSA) is 25.2 Å². The summed E-state index contributed by atoms with van der Waals surface area (Å²) >= 11 is 3.48. The van der Waals surface area contributed by atoms with Crippen LogP contribution in [0, 0.1) is 0 Å². The van der Waals surface area contributed by atoms with Gasteiger partial charge in [-0.2, -0.15) is 0 Å². The summed E-state index contributed by atoms with van der Waals surface area (Å²) in [4.78, 5) is 13.8. The number of amides is 1. The van der Waals surface area contributed by atoms with Crippen LogP contribution < -0.4 is 0 Å². The summed E-state index contributed by atoms with van der Waals surface area (Å²) < 4.78 is 3.16. The summed E-state index contributed by atoms with van der Waals surface area (Å²) in [5, 5.41) is 1.01. The monoisotopic (exact) mass is 308 g/mol. The van der Waals surface area contributed by atoms with Crippen molar-refractivity contribution in [3.63, 3.8) is 0 Å². The molecule has 96 valence electrons. The van der Waals surface area contributed by atoms with E-state index in [1.54, 1.807) is 19.0 Å². The third-order valence-corrected chi connectivity index (χ3v) is 3.48. The molecule has 1 amide bonds. The molecule has 1 heterocycles. The van der Waals surface area contributed by atoms with Gasteiger partial charge in [-0.15, -0.1) is 0 Å². The van der Waals surface area contributed by atoms with Crippen LogP contribution in [0.4, 0.5) is 0 Å². The highest BCUT2D eigenvalue weighted by atomic mass is 79.9. The van der Waals surface area contributed by atoms with Gasteiger partial charge >= 0.3 is 0 Å². The molecule has 0 saturated carbocycles. The van der Waals surface area contributed by atoms with Crippen LogP contribution in [0.25, 0.3) is 10.9 Å². The Hall–Kier alpha value is -1.29. The molecule has 0 radical (unpaired) electrons. The summed E-state index contributed by atoms with van der Waals surface area (Å²) in [5.74, 6) is 0.0433. The number of nitrogens with zero attached hydrogens (tertiary/aromatic N) is 2. The molecule has 0 saturated heterocycles. The van der Waals surface area contributed by atoms with Gasteiger partial charge in [-0.25, -0.2) is 0 Å². The molecule has 3 nitrogen and oxygen atoms in total. The number of hydrogen-bond donors (Lipinski definition) is 0. The third-order valence-electron chi connectivity index (χ3n) is 2.99. The zero-order valence-corrected chi connectivity index (χ0v) is 12.7. The Morgan fingerprint density at radius 1 is 1.33 bits per heavy atom.